The van der Waals surface area contributed by atoms with E-state index in [4.69, 9.17) is 0 Å². The van der Waals surface area contributed by atoms with E-state index in [9.17, 15) is 4.21 Å². The van der Waals surface area contributed by atoms with Crippen LogP contribution in [0.4, 0.5) is 0 Å². The van der Waals surface area contributed by atoms with Gasteiger partial charge in [-0.05, 0) is 26.3 Å². The maximum absolute atomic E-state index is 12.0. The van der Waals surface area contributed by atoms with Crippen LogP contribution in [0.2, 0.25) is 0 Å². The van der Waals surface area contributed by atoms with Crippen molar-refractivity contribution in [3.8, 4) is 0 Å². The van der Waals surface area contributed by atoms with Crippen LogP contribution in [0.1, 0.15) is 18.5 Å². The molecule has 0 radical (unpaired) electrons. The Hall–Kier alpha value is -0.520. The minimum absolute atomic E-state index is 0. The predicted molar refractivity (Wildman–Crippen MR) is 66.3 cm³/mol. The quantitative estimate of drug-likeness (QED) is 0.884. The summed E-state index contributed by atoms with van der Waals surface area (Å²) in [5, 5.41) is 3.97. The molecular weight excluding hydrogens is 246 g/mol. The van der Waals surface area contributed by atoms with Gasteiger partial charge in [0.25, 0.3) is 0 Å². The van der Waals surface area contributed by atoms with Crippen LogP contribution in [0.5, 0.6) is 0 Å². The molecule has 1 fully saturated rings. The van der Waals surface area contributed by atoms with Crippen molar-refractivity contribution in [3.05, 3.63) is 18.1 Å². The van der Waals surface area contributed by atoms with Gasteiger partial charge in [0.05, 0.1) is 16.5 Å². The fourth-order valence-corrected chi connectivity index (χ4v) is 3.15. The molecule has 2 atom stereocenters. The van der Waals surface area contributed by atoms with E-state index in [1.54, 1.807) is 12.4 Å². The normalized spacial score (nSPS) is 21.4. The van der Waals surface area contributed by atoms with Crippen molar-refractivity contribution < 1.29 is 4.21 Å². The molecule has 2 unspecified atom stereocenters. The Morgan fingerprint density at radius 3 is 2.88 bits per heavy atom. The van der Waals surface area contributed by atoms with Crippen molar-refractivity contribution in [1.82, 2.24) is 15.3 Å². The van der Waals surface area contributed by atoms with Crippen LogP contribution in [0.3, 0.4) is 0 Å². The van der Waals surface area contributed by atoms with E-state index < -0.39 is 10.8 Å². The van der Waals surface area contributed by atoms with Crippen LogP contribution in [0.15, 0.2) is 17.4 Å². The Kier molecular flexibility index (Phi) is 5.31. The molecule has 0 saturated carbocycles. The summed E-state index contributed by atoms with van der Waals surface area (Å²) >= 11 is 0. The van der Waals surface area contributed by atoms with E-state index in [2.05, 4.69) is 15.3 Å². The Labute approximate surface area is 104 Å². The minimum Gasteiger partial charge on any atom is -0.313 e. The first-order valence-corrected chi connectivity index (χ1v) is 6.48. The largest absolute Gasteiger partial charge is 0.313 e. The van der Waals surface area contributed by atoms with Gasteiger partial charge < -0.3 is 5.32 Å². The Morgan fingerprint density at radius 1 is 1.50 bits per heavy atom. The molecule has 1 N–H and O–H groups in total. The first-order chi connectivity index (χ1) is 7.27. The average molecular weight is 262 g/mol. The van der Waals surface area contributed by atoms with Crippen LogP contribution in [-0.2, 0) is 10.8 Å². The zero-order chi connectivity index (χ0) is 10.7. The zero-order valence-electron chi connectivity index (χ0n) is 9.18. The van der Waals surface area contributed by atoms with Gasteiger partial charge in [0.15, 0.2) is 0 Å². The molecule has 1 aromatic rings. The Morgan fingerprint density at radius 2 is 2.25 bits per heavy atom. The topological polar surface area (TPSA) is 54.9 Å². The summed E-state index contributed by atoms with van der Waals surface area (Å²) < 4.78 is 12.0. The van der Waals surface area contributed by atoms with E-state index in [0.29, 0.717) is 16.8 Å². The number of hydrogen-bond acceptors (Lipinski definition) is 4. The van der Waals surface area contributed by atoms with Gasteiger partial charge >= 0.3 is 0 Å². The van der Waals surface area contributed by atoms with Crippen molar-refractivity contribution in [3.63, 3.8) is 0 Å². The lowest BCUT2D eigenvalue weighted by atomic mass is 10.3. The van der Waals surface area contributed by atoms with E-state index >= 15 is 0 Å². The number of aromatic nitrogens is 2. The standard InChI is InChI=1S/C10H15N3OS.ClH/c1-8-10(13-6-5-11-8)15(14)7-9-3-2-4-12-9;/h5-6,9,12H,2-4,7H2,1H3;1H. The molecule has 0 aromatic carbocycles. The number of aryl methyl sites for hydroxylation is 1. The van der Waals surface area contributed by atoms with Crippen LogP contribution in [0, 0.1) is 6.92 Å². The monoisotopic (exact) mass is 261 g/mol. The Bertz CT molecular complexity index is 369. The number of nitrogens with zero attached hydrogens (tertiary/aromatic N) is 2. The van der Waals surface area contributed by atoms with E-state index in [1.807, 2.05) is 6.92 Å². The van der Waals surface area contributed by atoms with Gasteiger partial charge in [0.1, 0.15) is 5.03 Å². The molecule has 1 aliphatic heterocycles. The highest BCUT2D eigenvalue weighted by molar-refractivity contribution is 7.85. The molecule has 90 valence electrons. The maximum Gasteiger partial charge on any atom is 0.148 e. The van der Waals surface area contributed by atoms with E-state index in [1.165, 1.54) is 6.42 Å². The lowest BCUT2D eigenvalue weighted by Gasteiger charge is -2.09. The molecular formula is C10H16ClN3OS. The minimum atomic E-state index is -1.02. The molecule has 0 aliphatic carbocycles. The molecule has 0 spiro atoms. The summed E-state index contributed by atoms with van der Waals surface area (Å²) in [6, 6.07) is 0.382. The SMILES string of the molecule is Cc1nccnc1S(=O)CC1CCCN1.Cl. The third kappa shape index (κ3) is 3.23. The van der Waals surface area contributed by atoms with Crippen LogP contribution < -0.4 is 5.32 Å². The summed E-state index contributed by atoms with van der Waals surface area (Å²) in [5.41, 5.74) is 0.772. The highest BCUT2D eigenvalue weighted by Gasteiger charge is 2.19. The van der Waals surface area contributed by atoms with Crippen molar-refractivity contribution in [2.45, 2.75) is 30.8 Å². The van der Waals surface area contributed by atoms with Gasteiger partial charge in [-0.25, -0.2) is 4.98 Å². The molecule has 2 heterocycles. The maximum atomic E-state index is 12.0. The van der Waals surface area contributed by atoms with Crippen LogP contribution in [-0.4, -0.2) is 32.5 Å². The molecule has 0 bridgehead atoms. The summed E-state index contributed by atoms with van der Waals surface area (Å²) in [6.45, 7) is 2.89. The molecule has 1 saturated heterocycles. The zero-order valence-corrected chi connectivity index (χ0v) is 10.8. The molecule has 16 heavy (non-hydrogen) atoms. The van der Waals surface area contributed by atoms with Gasteiger partial charge in [0.2, 0.25) is 0 Å². The summed E-state index contributed by atoms with van der Waals surface area (Å²) in [7, 11) is -1.02. The van der Waals surface area contributed by atoms with E-state index in [-0.39, 0.29) is 12.4 Å². The highest BCUT2D eigenvalue weighted by Crippen LogP contribution is 2.12. The van der Waals surface area contributed by atoms with Crippen LogP contribution >= 0.6 is 12.4 Å². The average Bonchev–Trinajstić information content (AvgIpc) is 2.71. The van der Waals surface area contributed by atoms with Crippen molar-refractivity contribution in [1.29, 1.82) is 0 Å². The smallest absolute Gasteiger partial charge is 0.148 e. The van der Waals surface area contributed by atoms with Crippen LogP contribution in [0.25, 0.3) is 0 Å². The second-order valence-corrected chi connectivity index (χ2v) is 5.16. The number of halogens is 1. The summed E-state index contributed by atoms with van der Waals surface area (Å²) in [4.78, 5) is 8.23. The molecule has 6 heteroatoms. The van der Waals surface area contributed by atoms with Gasteiger partial charge in [-0.3, -0.25) is 9.19 Å². The first kappa shape index (κ1) is 13.5. The fourth-order valence-electron chi connectivity index (χ4n) is 1.78. The van der Waals surface area contributed by atoms with E-state index in [0.717, 1.165) is 18.7 Å². The van der Waals surface area contributed by atoms with Gasteiger partial charge in [-0.1, -0.05) is 0 Å². The molecule has 2 rings (SSSR count). The lowest BCUT2D eigenvalue weighted by molar-refractivity contribution is 0.640. The fraction of sp³-hybridized carbons (Fsp3) is 0.600. The van der Waals surface area contributed by atoms with Gasteiger partial charge in [0, 0.05) is 24.2 Å². The second-order valence-electron chi connectivity index (χ2n) is 3.75. The third-order valence-corrected chi connectivity index (χ3v) is 4.10. The molecule has 0 amide bonds. The first-order valence-electron chi connectivity index (χ1n) is 5.17. The number of rotatable bonds is 3. The van der Waals surface area contributed by atoms with Crippen molar-refractivity contribution in [2.24, 2.45) is 0 Å². The molecule has 1 aliphatic rings. The molecule has 1 aromatic heterocycles. The third-order valence-electron chi connectivity index (χ3n) is 2.57. The summed E-state index contributed by atoms with van der Waals surface area (Å²) in [5.74, 6) is 0.652. The summed E-state index contributed by atoms with van der Waals surface area (Å²) in [6.07, 6.45) is 5.53. The highest BCUT2D eigenvalue weighted by atomic mass is 35.5. The number of hydrogen-bond donors (Lipinski definition) is 1. The lowest BCUT2D eigenvalue weighted by Crippen LogP contribution is -2.28. The van der Waals surface area contributed by atoms with Gasteiger partial charge in [-0.15, -0.1) is 12.4 Å². The van der Waals surface area contributed by atoms with Gasteiger partial charge in [-0.2, -0.15) is 0 Å². The number of nitrogens with one attached hydrogen (secondary N) is 1. The Balaban J connectivity index is 0.00000128. The second kappa shape index (κ2) is 6.27. The predicted octanol–water partition coefficient (Wildman–Crippen LogP) is 1.07. The van der Waals surface area contributed by atoms with Crippen molar-refractivity contribution >= 4 is 23.2 Å². The molecule has 4 nitrogen and oxygen atoms in total. The van der Waals surface area contributed by atoms with Crippen molar-refractivity contribution in [2.75, 3.05) is 12.3 Å².